The first-order chi connectivity index (χ1) is 19.8. The highest BCUT2D eigenvalue weighted by molar-refractivity contribution is 5.80. The first-order valence-electron chi connectivity index (χ1n) is 14.0. The molecule has 0 bridgehead atoms. The van der Waals surface area contributed by atoms with E-state index in [9.17, 15) is 18.0 Å². The summed E-state index contributed by atoms with van der Waals surface area (Å²) in [6, 6.07) is 7.24. The van der Waals surface area contributed by atoms with Crippen LogP contribution in [0.2, 0.25) is 0 Å². The van der Waals surface area contributed by atoms with Crippen molar-refractivity contribution in [3.63, 3.8) is 0 Å². The summed E-state index contributed by atoms with van der Waals surface area (Å²) in [4.78, 5) is 37.7. The molecule has 3 atom stereocenters. The van der Waals surface area contributed by atoms with Crippen LogP contribution in [0.1, 0.15) is 43.5 Å². The van der Waals surface area contributed by atoms with Crippen LogP contribution >= 0.6 is 0 Å². The maximum absolute atomic E-state index is 13.2. The molecule has 214 valence electrons. The van der Waals surface area contributed by atoms with Crippen LogP contribution in [-0.4, -0.2) is 74.0 Å². The second kappa shape index (κ2) is 11.5. The first-order valence-corrected chi connectivity index (χ1v) is 14.0. The SMILES string of the molecule is O=C(C1CCN(c2nccc(C(F)(F)F)n2)C1)N1CC[C@H](NC2CC=C(c3ccc(-c4ncccn4)cn3)CC2)C1. The number of likely N-dealkylation sites (tertiary alicyclic amines) is 1. The number of hydrogen-bond donors (Lipinski definition) is 1. The number of halogens is 3. The predicted octanol–water partition coefficient (Wildman–Crippen LogP) is 4.00. The molecular weight excluding hydrogens is 533 g/mol. The summed E-state index contributed by atoms with van der Waals surface area (Å²) < 4.78 is 39.1. The Labute approximate surface area is 236 Å². The minimum atomic E-state index is -4.53. The third-order valence-electron chi connectivity index (χ3n) is 8.05. The van der Waals surface area contributed by atoms with E-state index in [1.165, 1.54) is 5.57 Å². The fourth-order valence-corrected chi connectivity index (χ4v) is 5.87. The lowest BCUT2D eigenvalue weighted by Gasteiger charge is -2.27. The van der Waals surface area contributed by atoms with Crippen molar-refractivity contribution in [1.29, 1.82) is 0 Å². The van der Waals surface area contributed by atoms with Crippen LogP contribution < -0.4 is 10.2 Å². The molecule has 3 aliphatic rings. The molecule has 2 fully saturated rings. The van der Waals surface area contributed by atoms with Gasteiger partial charge in [-0.05, 0) is 61.9 Å². The molecule has 6 rings (SSSR count). The third-order valence-corrected chi connectivity index (χ3v) is 8.05. The predicted molar refractivity (Wildman–Crippen MR) is 146 cm³/mol. The Hall–Kier alpha value is -3.93. The number of hydrogen-bond acceptors (Lipinski definition) is 8. The Balaban J connectivity index is 0.982. The average Bonchev–Trinajstić information content (AvgIpc) is 3.68. The Morgan fingerprint density at radius 1 is 0.927 bits per heavy atom. The molecule has 2 unspecified atom stereocenters. The van der Waals surface area contributed by atoms with Gasteiger partial charge in [-0.2, -0.15) is 13.2 Å². The highest BCUT2D eigenvalue weighted by Gasteiger charge is 2.37. The summed E-state index contributed by atoms with van der Waals surface area (Å²) in [7, 11) is 0. The lowest BCUT2D eigenvalue weighted by atomic mass is 9.92. The van der Waals surface area contributed by atoms with Crippen molar-refractivity contribution in [1.82, 2.24) is 35.1 Å². The van der Waals surface area contributed by atoms with Crippen LogP contribution in [0.25, 0.3) is 17.0 Å². The van der Waals surface area contributed by atoms with Gasteiger partial charge in [0.05, 0.1) is 11.6 Å². The summed E-state index contributed by atoms with van der Waals surface area (Å²) in [6.07, 6.45) is 8.39. The van der Waals surface area contributed by atoms with Crippen molar-refractivity contribution in [3.8, 4) is 11.4 Å². The standard InChI is InChI=1S/C29H31F3N8O/c30-29(31,32)25-8-13-35-28(38-25)40-14-9-21(17-40)27(41)39-15-10-23(18-39)37-22-5-2-19(3-6-22)24-7-4-20(16-36-24)26-33-11-1-12-34-26/h1-2,4,7-8,11-13,16,21-23,37H,3,5-6,9-10,14-15,17-18H2/t21?,22?,23-/m0/s1. The molecule has 5 heterocycles. The van der Waals surface area contributed by atoms with E-state index < -0.39 is 11.9 Å². The van der Waals surface area contributed by atoms with Gasteiger partial charge >= 0.3 is 6.18 Å². The maximum atomic E-state index is 13.2. The number of pyridine rings is 1. The Morgan fingerprint density at radius 2 is 1.78 bits per heavy atom. The Bertz CT molecular complexity index is 1400. The van der Waals surface area contributed by atoms with Gasteiger partial charge in [0.1, 0.15) is 5.69 Å². The Morgan fingerprint density at radius 3 is 2.51 bits per heavy atom. The molecular formula is C29H31F3N8O. The van der Waals surface area contributed by atoms with E-state index in [1.807, 2.05) is 23.2 Å². The summed E-state index contributed by atoms with van der Waals surface area (Å²) in [5.74, 6) is 0.481. The molecule has 41 heavy (non-hydrogen) atoms. The number of aromatic nitrogens is 5. The molecule has 1 amide bonds. The Kier molecular flexibility index (Phi) is 7.65. The minimum Gasteiger partial charge on any atom is -0.341 e. The first kappa shape index (κ1) is 27.3. The molecule has 2 saturated heterocycles. The minimum absolute atomic E-state index is 0.0252. The van der Waals surface area contributed by atoms with E-state index in [-0.39, 0.29) is 23.8 Å². The fourth-order valence-electron chi connectivity index (χ4n) is 5.87. The fraction of sp³-hybridized carbons (Fsp3) is 0.448. The lowest BCUT2D eigenvalue weighted by Crippen LogP contribution is -2.42. The maximum Gasteiger partial charge on any atom is 0.433 e. The zero-order valence-electron chi connectivity index (χ0n) is 22.5. The number of alkyl halides is 3. The smallest absolute Gasteiger partial charge is 0.341 e. The van der Waals surface area contributed by atoms with Gasteiger partial charge in [0.15, 0.2) is 5.82 Å². The number of anilines is 1. The van der Waals surface area contributed by atoms with Crippen molar-refractivity contribution >= 4 is 17.4 Å². The van der Waals surface area contributed by atoms with Gasteiger partial charge in [0.25, 0.3) is 0 Å². The highest BCUT2D eigenvalue weighted by Crippen LogP contribution is 2.31. The molecule has 3 aromatic rings. The highest BCUT2D eigenvalue weighted by atomic mass is 19.4. The summed E-state index contributed by atoms with van der Waals surface area (Å²) in [5.41, 5.74) is 2.13. The zero-order chi connectivity index (χ0) is 28.4. The topological polar surface area (TPSA) is 100 Å². The molecule has 9 nitrogen and oxygen atoms in total. The molecule has 0 spiro atoms. The largest absolute Gasteiger partial charge is 0.433 e. The number of rotatable bonds is 6. The molecule has 0 radical (unpaired) electrons. The van der Waals surface area contributed by atoms with Gasteiger partial charge in [-0.15, -0.1) is 0 Å². The summed E-state index contributed by atoms with van der Waals surface area (Å²) >= 11 is 0. The van der Waals surface area contributed by atoms with Gasteiger partial charge in [-0.3, -0.25) is 9.78 Å². The van der Waals surface area contributed by atoms with E-state index in [1.54, 1.807) is 23.4 Å². The number of amides is 1. The van der Waals surface area contributed by atoms with Gasteiger partial charge in [0.2, 0.25) is 11.9 Å². The lowest BCUT2D eigenvalue weighted by molar-refractivity contribution is -0.141. The average molecular weight is 565 g/mol. The molecule has 0 aromatic carbocycles. The van der Waals surface area contributed by atoms with Gasteiger partial charge in [-0.25, -0.2) is 19.9 Å². The van der Waals surface area contributed by atoms with Gasteiger partial charge < -0.3 is 15.1 Å². The van der Waals surface area contributed by atoms with E-state index >= 15 is 0 Å². The second-order valence-electron chi connectivity index (χ2n) is 10.8. The van der Waals surface area contributed by atoms with Crippen molar-refractivity contribution in [2.45, 2.75) is 50.4 Å². The molecule has 3 aromatic heterocycles. The quantitative estimate of drug-likeness (QED) is 0.480. The number of allylic oxidation sites excluding steroid dienone is 1. The van der Waals surface area contributed by atoms with Gasteiger partial charge in [-0.1, -0.05) is 6.08 Å². The number of carbonyl (C=O) groups excluding carboxylic acids is 1. The van der Waals surface area contributed by atoms with Crippen molar-refractivity contribution < 1.29 is 18.0 Å². The van der Waals surface area contributed by atoms with E-state index in [4.69, 9.17) is 0 Å². The van der Waals surface area contributed by atoms with Crippen LogP contribution in [0.3, 0.4) is 0 Å². The van der Waals surface area contributed by atoms with Crippen LogP contribution in [0.15, 0.2) is 55.1 Å². The molecule has 0 saturated carbocycles. The molecule has 1 N–H and O–H groups in total. The number of nitrogens with zero attached hydrogens (tertiary/aromatic N) is 7. The number of carbonyl (C=O) groups is 1. The van der Waals surface area contributed by atoms with Crippen LogP contribution in [0.5, 0.6) is 0 Å². The number of nitrogens with one attached hydrogen (secondary N) is 1. The van der Waals surface area contributed by atoms with E-state index in [0.717, 1.165) is 49.2 Å². The van der Waals surface area contributed by atoms with E-state index in [0.29, 0.717) is 44.5 Å². The van der Waals surface area contributed by atoms with Crippen molar-refractivity contribution in [2.75, 3.05) is 31.1 Å². The second-order valence-corrected chi connectivity index (χ2v) is 10.8. The molecule has 2 aliphatic heterocycles. The van der Waals surface area contributed by atoms with Gasteiger partial charge in [0, 0.05) is 68.6 Å². The monoisotopic (exact) mass is 564 g/mol. The third kappa shape index (κ3) is 6.22. The summed E-state index contributed by atoms with van der Waals surface area (Å²) in [5, 5.41) is 3.74. The zero-order valence-corrected chi connectivity index (χ0v) is 22.5. The van der Waals surface area contributed by atoms with Crippen LogP contribution in [0.4, 0.5) is 19.1 Å². The summed E-state index contributed by atoms with van der Waals surface area (Å²) in [6.45, 7) is 2.12. The molecule has 12 heteroatoms. The normalized spacial score (nSPS) is 23.1. The van der Waals surface area contributed by atoms with E-state index in [2.05, 4.69) is 36.3 Å². The van der Waals surface area contributed by atoms with Crippen molar-refractivity contribution in [3.05, 3.63) is 66.5 Å². The molecule has 1 aliphatic carbocycles. The van der Waals surface area contributed by atoms with Crippen LogP contribution in [0, 0.1) is 5.92 Å². The van der Waals surface area contributed by atoms with Crippen molar-refractivity contribution in [2.24, 2.45) is 5.92 Å². The van der Waals surface area contributed by atoms with Crippen LogP contribution in [-0.2, 0) is 11.0 Å².